The summed E-state index contributed by atoms with van der Waals surface area (Å²) in [5.74, 6) is -2.01. The van der Waals surface area contributed by atoms with Crippen LogP contribution in [0.25, 0.3) is 0 Å². The van der Waals surface area contributed by atoms with Crippen LogP contribution in [0, 0.1) is 0 Å². The summed E-state index contributed by atoms with van der Waals surface area (Å²) in [6, 6.07) is 0. The molecule has 0 aliphatic carbocycles. The van der Waals surface area contributed by atoms with Gasteiger partial charge in [0.1, 0.15) is 13.2 Å². The van der Waals surface area contributed by atoms with Gasteiger partial charge in [-0.25, -0.2) is 4.79 Å². The standard InChI is InChI=1S/C60H113NO8/c1-6-8-10-12-14-16-18-20-22-23-24-25-26-27-28-29-30-31-32-33-34-35-36-37-39-40-42-44-46-48-50-57(62)67-54-56(55-68-60(59(64)65)66-53-52-61(3,4)5)69-58(63)51-49-47-45-43-41-38-21-19-17-15-13-11-9-7-2/h13,15,19,21,56,60H,6-12,14,16-18,20,22-55H2,1-5H3/p+1/b15-13-,21-19-. The first-order chi connectivity index (χ1) is 33.6. The minimum absolute atomic E-state index is 0.183. The highest BCUT2D eigenvalue weighted by molar-refractivity contribution is 5.71. The summed E-state index contributed by atoms with van der Waals surface area (Å²) in [5, 5.41) is 9.68. The molecule has 9 nitrogen and oxygen atoms in total. The number of carbonyl (C=O) groups is 3. The number of ether oxygens (including phenoxy) is 4. The fraction of sp³-hybridized carbons (Fsp3) is 0.883. The Bertz CT molecular complexity index is 1180. The van der Waals surface area contributed by atoms with Crippen LogP contribution in [0.3, 0.4) is 0 Å². The lowest BCUT2D eigenvalue weighted by Crippen LogP contribution is -2.40. The first kappa shape index (κ1) is 66.8. The molecule has 9 heteroatoms. The normalized spacial score (nSPS) is 12.9. The van der Waals surface area contributed by atoms with E-state index < -0.39 is 24.3 Å². The molecule has 406 valence electrons. The second kappa shape index (κ2) is 52.1. The van der Waals surface area contributed by atoms with Crippen molar-refractivity contribution in [1.82, 2.24) is 0 Å². The van der Waals surface area contributed by atoms with E-state index in [4.69, 9.17) is 18.9 Å². The van der Waals surface area contributed by atoms with Crippen molar-refractivity contribution in [3.05, 3.63) is 24.3 Å². The van der Waals surface area contributed by atoms with E-state index in [-0.39, 0.29) is 32.2 Å². The number of carboxylic acid groups (broad SMARTS) is 1. The maximum atomic E-state index is 12.8. The molecule has 0 bridgehead atoms. The zero-order valence-corrected chi connectivity index (χ0v) is 46.2. The Morgan fingerprint density at radius 3 is 1.19 bits per heavy atom. The molecular weight excluding hydrogens is 863 g/mol. The lowest BCUT2D eigenvalue weighted by molar-refractivity contribution is -0.870. The van der Waals surface area contributed by atoms with Crippen LogP contribution in [-0.2, 0) is 33.3 Å². The van der Waals surface area contributed by atoms with Gasteiger partial charge in [0.2, 0.25) is 0 Å². The number of likely N-dealkylation sites (N-methyl/N-ethyl adjacent to an activating group) is 1. The summed E-state index contributed by atoms with van der Waals surface area (Å²) in [7, 11) is 5.97. The number of esters is 2. The van der Waals surface area contributed by atoms with Gasteiger partial charge in [-0.05, 0) is 38.5 Å². The molecular formula is C60H114NO8+. The molecule has 0 spiro atoms. The molecule has 0 saturated carbocycles. The molecule has 0 radical (unpaired) electrons. The van der Waals surface area contributed by atoms with E-state index in [9.17, 15) is 19.5 Å². The van der Waals surface area contributed by atoms with Gasteiger partial charge in [0, 0.05) is 12.8 Å². The molecule has 1 N–H and O–H groups in total. The molecule has 0 aromatic rings. The van der Waals surface area contributed by atoms with Crippen molar-refractivity contribution in [3.8, 4) is 0 Å². The van der Waals surface area contributed by atoms with Gasteiger partial charge in [-0.2, -0.15) is 0 Å². The SMILES string of the molecule is CCCC/C=C\C/C=C\CCCCCCCC(=O)OC(COC(=O)CCCCCCCCCCCCCCCCCCCCCCCCCCCCCCCC)COC(OCC[N+](C)(C)C)C(=O)O. The van der Waals surface area contributed by atoms with E-state index in [0.717, 1.165) is 64.2 Å². The van der Waals surface area contributed by atoms with Crippen LogP contribution in [0.2, 0.25) is 0 Å². The Labute approximate surface area is 427 Å². The number of nitrogens with zero attached hydrogens (tertiary/aromatic N) is 1. The minimum Gasteiger partial charge on any atom is -0.477 e. The van der Waals surface area contributed by atoms with E-state index in [1.54, 1.807) is 0 Å². The summed E-state index contributed by atoms with van der Waals surface area (Å²) in [6.45, 7) is 4.86. The fourth-order valence-electron chi connectivity index (χ4n) is 8.62. The van der Waals surface area contributed by atoms with Gasteiger partial charge in [0.15, 0.2) is 6.10 Å². The lowest BCUT2D eigenvalue weighted by atomic mass is 10.0. The number of carboxylic acids is 1. The minimum atomic E-state index is -1.51. The predicted octanol–water partition coefficient (Wildman–Crippen LogP) is 17.1. The number of carbonyl (C=O) groups excluding carboxylic acids is 2. The van der Waals surface area contributed by atoms with Crippen LogP contribution in [0.5, 0.6) is 0 Å². The van der Waals surface area contributed by atoms with Gasteiger partial charge in [0.05, 0.1) is 34.4 Å². The van der Waals surface area contributed by atoms with Crippen molar-refractivity contribution >= 4 is 17.9 Å². The average molecular weight is 978 g/mol. The summed E-state index contributed by atoms with van der Waals surface area (Å²) in [5.41, 5.74) is 0. The van der Waals surface area contributed by atoms with Crippen molar-refractivity contribution in [2.45, 2.75) is 296 Å². The molecule has 0 saturated heterocycles. The third kappa shape index (κ3) is 53.4. The van der Waals surface area contributed by atoms with E-state index in [1.165, 1.54) is 186 Å². The second-order valence-corrected chi connectivity index (χ2v) is 21.3. The van der Waals surface area contributed by atoms with Gasteiger partial charge < -0.3 is 28.5 Å². The number of aliphatic carboxylic acids is 1. The Morgan fingerprint density at radius 2 is 0.797 bits per heavy atom. The maximum absolute atomic E-state index is 12.8. The van der Waals surface area contributed by atoms with E-state index in [2.05, 4.69) is 38.2 Å². The van der Waals surface area contributed by atoms with Gasteiger partial charge >= 0.3 is 17.9 Å². The zero-order valence-electron chi connectivity index (χ0n) is 46.2. The molecule has 0 aromatic carbocycles. The van der Waals surface area contributed by atoms with Crippen molar-refractivity contribution < 1.29 is 42.9 Å². The summed E-state index contributed by atoms with van der Waals surface area (Å²) >= 11 is 0. The number of allylic oxidation sites excluding steroid dienone is 4. The summed E-state index contributed by atoms with van der Waals surface area (Å²) in [6.07, 6.45) is 58.5. The number of rotatable bonds is 55. The summed E-state index contributed by atoms with van der Waals surface area (Å²) < 4.78 is 22.8. The number of hydrogen-bond donors (Lipinski definition) is 1. The van der Waals surface area contributed by atoms with Gasteiger partial charge in [-0.1, -0.05) is 256 Å². The van der Waals surface area contributed by atoms with Crippen molar-refractivity contribution in [1.29, 1.82) is 0 Å². The predicted molar refractivity (Wildman–Crippen MR) is 291 cm³/mol. The Morgan fingerprint density at radius 1 is 0.435 bits per heavy atom. The highest BCUT2D eigenvalue weighted by Gasteiger charge is 2.25. The van der Waals surface area contributed by atoms with Crippen LogP contribution in [0.4, 0.5) is 0 Å². The Kier molecular flexibility index (Phi) is 50.4. The fourth-order valence-corrected chi connectivity index (χ4v) is 8.62. The number of unbranched alkanes of at least 4 members (excludes halogenated alkanes) is 36. The third-order valence-electron chi connectivity index (χ3n) is 13.2. The first-order valence-electron chi connectivity index (χ1n) is 29.5. The second-order valence-electron chi connectivity index (χ2n) is 21.3. The first-order valence-corrected chi connectivity index (χ1v) is 29.5. The van der Waals surface area contributed by atoms with Gasteiger partial charge in [-0.15, -0.1) is 0 Å². The number of hydrogen-bond acceptors (Lipinski definition) is 7. The molecule has 0 heterocycles. The van der Waals surface area contributed by atoms with Gasteiger partial charge in [-0.3, -0.25) is 9.59 Å². The largest absolute Gasteiger partial charge is 0.477 e. The smallest absolute Gasteiger partial charge is 0.361 e. The Balaban J connectivity index is 4.06. The molecule has 0 amide bonds. The van der Waals surface area contributed by atoms with E-state index in [1.807, 2.05) is 21.1 Å². The van der Waals surface area contributed by atoms with Crippen molar-refractivity contribution in [3.63, 3.8) is 0 Å². The van der Waals surface area contributed by atoms with Crippen molar-refractivity contribution in [2.24, 2.45) is 0 Å². The zero-order chi connectivity index (χ0) is 50.6. The topological polar surface area (TPSA) is 108 Å². The van der Waals surface area contributed by atoms with E-state index in [0.29, 0.717) is 23.9 Å². The highest BCUT2D eigenvalue weighted by Crippen LogP contribution is 2.18. The van der Waals surface area contributed by atoms with E-state index >= 15 is 0 Å². The summed E-state index contributed by atoms with van der Waals surface area (Å²) in [4.78, 5) is 37.3. The average Bonchev–Trinajstić information content (AvgIpc) is 3.31. The molecule has 0 aromatic heterocycles. The van der Waals surface area contributed by atoms with Crippen LogP contribution < -0.4 is 0 Å². The van der Waals surface area contributed by atoms with Crippen LogP contribution in [0.1, 0.15) is 284 Å². The molecule has 69 heavy (non-hydrogen) atoms. The molecule has 0 aliphatic rings. The molecule has 0 fully saturated rings. The molecule has 0 aliphatic heterocycles. The van der Waals surface area contributed by atoms with Crippen LogP contribution >= 0.6 is 0 Å². The van der Waals surface area contributed by atoms with Gasteiger partial charge in [0.25, 0.3) is 6.29 Å². The maximum Gasteiger partial charge on any atom is 0.361 e. The lowest BCUT2D eigenvalue weighted by Gasteiger charge is -2.25. The molecule has 2 unspecified atom stereocenters. The monoisotopic (exact) mass is 977 g/mol. The van der Waals surface area contributed by atoms with Crippen LogP contribution in [0.15, 0.2) is 24.3 Å². The molecule has 2 atom stereocenters. The molecule has 0 rings (SSSR count). The Hall–Kier alpha value is -2.23. The quantitative estimate of drug-likeness (QED) is 0.0211. The third-order valence-corrected chi connectivity index (χ3v) is 13.2. The number of quaternary nitrogens is 1. The van der Waals surface area contributed by atoms with Crippen LogP contribution in [-0.4, -0.2) is 87.4 Å². The highest BCUT2D eigenvalue weighted by atomic mass is 16.7. The van der Waals surface area contributed by atoms with Crippen molar-refractivity contribution in [2.75, 3.05) is 47.5 Å².